The Morgan fingerprint density at radius 1 is 1.13 bits per heavy atom. The summed E-state index contributed by atoms with van der Waals surface area (Å²) in [6.45, 7) is 2.54. The molecule has 0 aliphatic carbocycles. The van der Waals surface area contributed by atoms with Gasteiger partial charge in [0, 0.05) is 5.92 Å². The number of benzene rings is 1. The Labute approximate surface area is 133 Å². The Morgan fingerprint density at radius 2 is 1.74 bits per heavy atom. The smallest absolute Gasteiger partial charge is 0.411 e. The highest BCUT2D eigenvalue weighted by atomic mass is 16.7. The highest BCUT2D eigenvalue weighted by Crippen LogP contribution is 2.12. The number of carboxylic acids is 1. The molecule has 126 valence electrons. The summed E-state index contributed by atoms with van der Waals surface area (Å²) in [5, 5.41) is 19.6. The van der Waals surface area contributed by atoms with E-state index in [4.69, 9.17) is 19.7 Å². The largest absolute Gasteiger partial charge is 0.480 e. The number of aliphatic hydroxyl groups excluding tert-OH is 1. The average molecular weight is 325 g/mol. The van der Waals surface area contributed by atoms with E-state index < -0.39 is 37.0 Å². The molecule has 1 aromatic rings. The first-order chi connectivity index (χ1) is 10.8. The predicted molar refractivity (Wildman–Crippen MR) is 78.6 cm³/mol. The van der Waals surface area contributed by atoms with Gasteiger partial charge in [-0.25, -0.2) is 14.4 Å². The predicted octanol–water partition coefficient (Wildman–Crippen LogP) is 0.997. The van der Waals surface area contributed by atoms with Gasteiger partial charge in [0.2, 0.25) is 0 Å². The maximum atomic E-state index is 12.0. The third-order valence-electron chi connectivity index (χ3n) is 2.77. The quantitative estimate of drug-likeness (QED) is 0.505. The molecule has 0 aromatic heterocycles. The molecule has 1 rings (SSSR count). The molecular weight excluding hydrogens is 306 g/mol. The first kappa shape index (κ1) is 18.4. The fraction of sp³-hybridized carbons (Fsp3) is 0.400. The van der Waals surface area contributed by atoms with Crippen molar-refractivity contribution in [2.45, 2.75) is 26.2 Å². The van der Waals surface area contributed by atoms with Gasteiger partial charge in [0.05, 0.1) is 12.2 Å². The molecule has 3 N–H and O–H groups in total. The van der Waals surface area contributed by atoms with Gasteiger partial charge in [0.15, 0.2) is 6.04 Å². The van der Waals surface area contributed by atoms with Gasteiger partial charge in [-0.2, -0.15) is 0 Å². The van der Waals surface area contributed by atoms with Crippen molar-refractivity contribution in [2.24, 2.45) is 5.92 Å². The van der Waals surface area contributed by atoms with E-state index in [0.717, 1.165) is 0 Å². The van der Waals surface area contributed by atoms with E-state index in [-0.39, 0.29) is 5.92 Å². The summed E-state index contributed by atoms with van der Waals surface area (Å²) in [5.74, 6) is -2.44. The number of carboxylic acid groups (broad SMARTS) is 1. The number of carbonyl (C=O) groups is 3. The summed E-state index contributed by atoms with van der Waals surface area (Å²) in [7, 11) is 0. The van der Waals surface area contributed by atoms with Crippen molar-refractivity contribution in [3.8, 4) is 0 Å². The number of hydrogen-bond acceptors (Lipinski definition) is 6. The van der Waals surface area contributed by atoms with Crippen molar-refractivity contribution in [3.63, 3.8) is 0 Å². The lowest BCUT2D eigenvalue weighted by atomic mass is 10.2. The van der Waals surface area contributed by atoms with Gasteiger partial charge < -0.3 is 25.0 Å². The fourth-order valence-electron chi connectivity index (χ4n) is 1.51. The van der Waals surface area contributed by atoms with E-state index in [1.807, 2.05) is 5.32 Å². The van der Waals surface area contributed by atoms with Gasteiger partial charge >= 0.3 is 18.0 Å². The van der Waals surface area contributed by atoms with Crippen LogP contribution in [0.3, 0.4) is 0 Å². The topological polar surface area (TPSA) is 122 Å². The highest BCUT2D eigenvalue weighted by molar-refractivity contribution is 5.89. The van der Waals surface area contributed by atoms with Crippen LogP contribution in [0, 0.1) is 5.92 Å². The van der Waals surface area contributed by atoms with Crippen molar-refractivity contribution >= 4 is 18.0 Å². The number of ether oxygens (including phenoxy) is 2. The van der Waals surface area contributed by atoms with Crippen LogP contribution < -0.4 is 5.32 Å². The minimum Gasteiger partial charge on any atom is -0.480 e. The third kappa shape index (κ3) is 5.95. The molecule has 0 fully saturated rings. The summed E-state index contributed by atoms with van der Waals surface area (Å²) in [5.41, 5.74) is 0.293. The normalized spacial score (nSPS) is 13.0. The molecule has 0 saturated carbocycles. The number of aliphatic hydroxyl groups is 1. The molecule has 0 aliphatic heterocycles. The second-order valence-corrected chi connectivity index (χ2v) is 5.01. The molecule has 23 heavy (non-hydrogen) atoms. The van der Waals surface area contributed by atoms with Crippen LogP contribution in [0.15, 0.2) is 30.3 Å². The number of rotatable bonds is 7. The number of alkyl carbamates (subject to hydrolysis) is 1. The van der Waals surface area contributed by atoms with Crippen molar-refractivity contribution in [1.82, 2.24) is 5.32 Å². The van der Waals surface area contributed by atoms with Crippen LogP contribution in [0.4, 0.5) is 4.79 Å². The second kappa shape index (κ2) is 8.74. The molecule has 0 bridgehead atoms. The SMILES string of the molecule is CC(C)C(OC(=O)N[C@H](CO)C(=O)O)OC(=O)c1ccccc1. The number of amides is 1. The lowest BCUT2D eigenvalue weighted by Crippen LogP contribution is -2.45. The van der Waals surface area contributed by atoms with Crippen LogP contribution in [0.1, 0.15) is 24.2 Å². The number of carbonyl (C=O) groups excluding carboxylic acids is 2. The number of hydrogen-bond donors (Lipinski definition) is 3. The van der Waals surface area contributed by atoms with Crippen LogP contribution in [0.25, 0.3) is 0 Å². The maximum Gasteiger partial charge on any atom is 0.411 e. The van der Waals surface area contributed by atoms with Crippen LogP contribution in [-0.2, 0) is 14.3 Å². The molecule has 0 aliphatic rings. The van der Waals surface area contributed by atoms with Gasteiger partial charge in [-0.3, -0.25) is 0 Å². The fourth-order valence-corrected chi connectivity index (χ4v) is 1.51. The molecule has 0 radical (unpaired) electrons. The van der Waals surface area contributed by atoms with E-state index in [9.17, 15) is 14.4 Å². The van der Waals surface area contributed by atoms with E-state index in [2.05, 4.69) is 0 Å². The van der Waals surface area contributed by atoms with Gasteiger partial charge in [-0.05, 0) is 12.1 Å². The molecule has 2 atom stereocenters. The average Bonchev–Trinajstić information content (AvgIpc) is 2.52. The van der Waals surface area contributed by atoms with Crippen molar-refractivity contribution < 1.29 is 34.1 Å². The summed E-state index contributed by atoms with van der Waals surface area (Å²) in [6, 6.07) is 6.65. The minimum atomic E-state index is -1.50. The summed E-state index contributed by atoms with van der Waals surface area (Å²) >= 11 is 0. The van der Waals surface area contributed by atoms with Crippen molar-refractivity contribution in [3.05, 3.63) is 35.9 Å². The summed E-state index contributed by atoms with van der Waals surface area (Å²) in [6.07, 6.45) is -2.30. The molecule has 0 saturated heterocycles. The third-order valence-corrected chi connectivity index (χ3v) is 2.77. The molecular formula is C15H19NO7. The molecule has 0 heterocycles. The first-order valence-electron chi connectivity index (χ1n) is 6.92. The second-order valence-electron chi connectivity index (χ2n) is 5.01. The van der Waals surface area contributed by atoms with E-state index in [0.29, 0.717) is 5.56 Å². The van der Waals surface area contributed by atoms with E-state index in [1.165, 1.54) is 0 Å². The number of esters is 1. The summed E-state index contributed by atoms with van der Waals surface area (Å²) < 4.78 is 10.0. The van der Waals surface area contributed by atoms with Crippen LogP contribution in [0.5, 0.6) is 0 Å². The zero-order valence-corrected chi connectivity index (χ0v) is 12.8. The molecule has 0 spiro atoms. The van der Waals surface area contributed by atoms with Crippen LogP contribution in [0.2, 0.25) is 0 Å². The van der Waals surface area contributed by atoms with E-state index >= 15 is 0 Å². The Balaban J connectivity index is 2.67. The summed E-state index contributed by atoms with van der Waals surface area (Å²) in [4.78, 5) is 34.3. The van der Waals surface area contributed by atoms with Crippen LogP contribution >= 0.6 is 0 Å². The number of nitrogens with one attached hydrogen (secondary N) is 1. The van der Waals surface area contributed by atoms with Crippen LogP contribution in [-0.4, -0.2) is 47.2 Å². The van der Waals surface area contributed by atoms with Gasteiger partial charge in [-0.1, -0.05) is 32.0 Å². The lowest BCUT2D eigenvalue weighted by Gasteiger charge is -2.22. The Morgan fingerprint density at radius 3 is 2.22 bits per heavy atom. The van der Waals surface area contributed by atoms with E-state index in [1.54, 1.807) is 44.2 Å². The lowest BCUT2D eigenvalue weighted by molar-refractivity contribution is -0.141. The van der Waals surface area contributed by atoms with Gasteiger partial charge in [0.25, 0.3) is 6.29 Å². The Hall–Kier alpha value is -2.61. The Bertz CT molecular complexity index is 544. The molecule has 8 heteroatoms. The zero-order chi connectivity index (χ0) is 17.4. The van der Waals surface area contributed by atoms with Gasteiger partial charge in [0.1, 0.15) is 0 Å². The molecule has 1 aromatic carbocycles. The number of aliphatic carboxylic acids is 1. The molecule has 1 unspecified atom stereocenters. The zero-order valence-electron chi connectivity index (χ0n) is 12.8. The molecule has 1 amide bonds. The van der Waals surface area contributed by atoms with Crippen molar-refractivity contribution in [1.29, 1.82) is 0 Å². The first-order valence-corrected chi connectivity index (χ1v) is 6.92. The van der Waals surface area contributed by atoms with Gasteiger partial charge in [-0.15, -0.1) is 0 Å². The molecule has 8 nitrogen and oxygen atoms in total. The Kier molecular flexibility index (Phi) is 7.01. The minimum absolute atomic E-state index is 0.293. The van der Waals surface area contributed by atoms with Crippen molar-refractivity contribution in [2.75, 3.05) is 6.61 Å². The highest BCUT2D eigenvalue weighted by Gasteiger charge is 2.26. The monoisotopic (exact) mass is 325 g/mol. The standard InChI is InChI=1S/C15H19NO7/c1-9(2)14(22-13(20)10-6-4-3-5-7-10)23-15(21)16-11(8-17)12(18)19/h3-7,9,11,14,17H,8H2,1-2H3,(H,16,21)(H,18,19)/t11-,14?/m1/s1. The maximum absolute atomic E-state index is 12.0.